The zero-order valence-electron chi connectivity index (χ0n) is 27.7. The van der Waals surface area contributed by atoms with Crippen molar-refractivity contribution in [1.82, 2.24) is 20.3 Å². The number of aromatic amines is 1. The normalized spacial score (nSPS) is 20.3. The number of aliphatic hydroxyl groups is 1. The number of carbonyl (C=O) groups is 4. The van der Waals surface area contributed by atoms with Crippen molar-refractivity contribution in [3.05, 3.63) is 70.9 Å². The number of carboxylic acids is 3. The molecule has 14 heteroatoms. The first-order chi connectivity index (χ1) is 23.2. The fourth-order valence-electron chi connectivity index (χ4n) is 6.90. The Kier molecular flexibility index (Phi) is 12.7. The second-order valence-corrected chi connectivity index (χ2v) is 13.5. The minimum Gasteiger partial charge on any atom is -0.481 e. The van der Waals surface area contributed by atoms with Gasteiger partial charge in [-0.3, -0.25) is 14.5 Å². The molecule has 1 amide bonds. The van der Waals surface area contributed by atoms with E-state index in [4.69, 9.17) is 36.9 Å². The Morgan fingerprint density at radius 3 is 2.14 bits per heavy atom. The van der Waals surface area contributed by atoms with Gasteiger partial charge in [0, 0.05) is 47.3 Å². The van der Waals surface area contributed by atoms with Crippen LogP contribution in [0.5, 0.6) is 0 Å². The van der Waals surface area contributed by atoms with Crippen LogP contribution in [0.4, 0.5) is 4.79 Å². The highest BCUT2D eigenvalue weighted by molar-refractivity contribution is 6.31. The van der Waals surface area contributed by atoms with E-state index in [1.807, 2.05) is 18.2 Å². The highest BCUT2D eigenvalue weighted by atomic mass is 35.5. The average Bonchev–Trinajstić information content (AvgIpc) is 3.47. The second-order valence-electron chi connectivity index (χ2n) is 13.1. The van der Waals surface area contributed by atoms with Crippen LogP contribution in [0.1, 0.15) is 68.4 Å². The molecule has 0 atom stereocenters. The number of nitrogens with one attached hydrogen (secondary N) is 2. The highest BCUT2D eigenvalue weighted by Crippen LogP contribution is 2.43. The van der Waals surface area contributed by atoms with Crippen molar-refractivity contribution in [2.45, 2.75) is 68.4 Å². The number of aliphatic carboxylic acids is 3. The number of H-pyrrole nitrogens is 1. The predicted octanol–water partition coefficient (Wildman–Crippen LogP) is 5.04. The third kappa shape index (κ3) is 9.72. The Hall–Kier alpha value is -4.17. The Labute approximate surface area is 289 Å². The maximum atomic E-state index is 12.5. The van der Waals surface area contributed by atoms with Gasteiger partial charge in [-0.25, -0.2) is 9.59 Å². The number of hydrogen-bond acceptors (Lipinski definition) is 8. The maximum absolute atomic E-state index is 12.5. The minimum atomic E-state index is -2.74. The summed E-state index contributed by atoms with van der Waals surface area (Å²) in [6.07, 6.45) is 5.74. The van der Waals surface area contributed by atoms with Gasteiger partial charge in [0.1, 0.15) is 0 Å². The van der Waals surface area contributed by atoms with E-state index in [0.29, 0.717) is 18.4 Å². The van der Waals surface area contributed by atoms with Crippen molar-refractivity contribution in [3.8, 4) is 0 Å². The fourth-order valence-corrected chi connectivity index (χ4v) is 7.08. The summed E-state index contributed by atoms with van der Waals surface area (Å²) in [7, 11) is 4.36. The number of aromatic nitrogens is 1. The summed E-state index contributed by atoms with van der Waals surface area (Å²) >= 11 is 6.22. The fraction of sp³-hybridized carbons (Fsp3) is 0.486. The topological polar surface area (TPSA) is 193 Å². The molecule has 6 N–H and O–H groups in total. The summed E-state index contributed by atoms with van der Waals surface area (Å²) in [5.41, 5.74) is 1.15. The quantitative estimate of drug-likeness (QED) is 0.157. The van der Waals surface area contributed by atoms with Gasteiger partial charge >= 0.3 is 24.0 Å². The van der Waals surface area contributed by atoms with Crippen molar-refractivity contribution in [1.29, 1.82) is 0 Å². The molecule has 2 heterocycles. The number of rotatable bonds is 11. The number of fused-ring (bicyclic) bond motifs is 1. The minimum absolute atomic E-state index is 0.0821. The van der Waals surface area contributed by atoms with Gasteiger partial charge < -0.3 is 35.6 Å². The van der Waals surface area contributed by atoms with Gasteiger partial charge in [-0.05, 0) is 93.8 Å². The summed E-state index contributed by atoms with van der Waals surface area (Å²) < 4.78 is 0. The number of nitrogens with zero attached hydrogens (tertiary/aromatic N) is 2. The second kappa shape index (κ2) is 16.5. The maximum Gasteiger partial charge on any atom is 0.426 e. The number of carbonyl (C=O) groups excluding carboxylic acids is 1. The van der Waals surface area contributed by atoms with Gasteiger partial charge in [0.25, 0.3) is 0 Å². The van der Waals surface area contributed by atoms with Crippen LogP contribution in [-0.2, 0) is 24.8 Å². The van der Waals surface area contributed by atoms with Crippen LogP contribution in [0.2, 0.25) is 5.02 Å². The largest absolute Gasteiger partial charge is 0.481 e. The van der Waals surface area contributed by atoms with Gasteiger partial charge in [-0.15, -0.1) is 5.06 Å². The summed E-state index contributed by atoms with van der Waals surface area (Å²) in [6, 6.07) is 16.8. The molecule has 49 heavy (non-hydrogen) atoms. The van der Waals surface area contributed by atoms with Crippen molar-refractivity contribution >= 4 is 46.5 Å². The molecule has 1 aliphatic heterocycles. The van der Waals surface area contributed by atoms with Crippen LogP contribution in [0.15, 0.2) is 54.7 Å². The van der Waals surface area contributed by atoms with Crippen molar-refractivity contribution < 1.29 is 44.4 Å². The lowest BCUT2D eigenvalue weighted by Gasteiger charge is -2.45. The van der Waals surface area contributed by atoms with Crippen LogP contribution in [0.3, 0.4) is 0 Å². The number of hydrogen-bond donors (Lipinski definition) is 6. The molecule has 0 unspecified atom stereocenters. The molecule has 2 aliphatic rings. The smallest absolute Gasteiger partial charge is 0.426 e. The number of piperidine rings is 1. The van der Waals surface area contributed by atoms with Crippen LogP contribution in [-0.4, -0.2) is 98.7 Å². The van der Waals surface area contributed by atoms with Crippen LogP contribution >= 0.6 is 11.6 Å². The molecule has 0 radical (unpaired) electrons. The van der Waals surface area contributed by atoms with Gasteiger partial charge in [0.05, 0.1) is 12.8 Å². The summed E-state index contributed by atoms with van der Waals surface area (Å²) in [4.78, 5) is 54.4. The van der Waals surface area contributed by atoms with Crippen LogP contribution in [0, 0.1) is 5.92 Å². The Morgan fingerprint density at radius 1 is 0.980 bits per heavy atom. The van der Waals surface area contributed by atoms with E-state index in [-0.39, 0.29) is 11.6 Å². The summed E-state index contributed by atoms with van der Waals surface area (Å²) in [5.74, 6) is -4.10. The Balaban J connectivity index is 0.000000355. The molecule has 1 aliphatic carbocycles. The van der Waals surface area contributed by atoms with E-state index in [1.54, 1.807) is 5.06 Å². The molecule has 1 saturated heterocycles. The Morgan fingerprint density at radius 2 is 1.59 bits per heavy atom. The highest BCUT2D eigenvalue weighted by Gasteiger charge is 2.41. The summed E-state index contributed by atoms with van der Waals surface area (Å²) in [6.45, 7) is 2.14. The SMILES string of the molecule is CN(C)C1(c2ccccc2)CCC(CNC(=O)ON2CCC(c3c[nH]c4ccc(Cl)cc34)CC2)CC1.O=C(O)CC(O)(CC(=O)O)C(=O)O. The standard InChI is InChI=1S/C29H37ClN4O2.C6H8O7/c1-33(2)29(23-6-4-3-5-7-23)14-10-21(11-15-29)19-32-28(35)36-34-16-12-22(13-17-34)26-20-31-27-9-8-24(30)18-25(26)27;7-3(8)1-6(13,5(11)12)2-4(9)10/h3-9,18,20-22,31H,10-17,19H2,1-2H3,(H,32,35);13H,1-2H2,(H,7,8)(H,9,10)(H,11,12). The number of carboxylic acid groups (broad SMARTS) is 3. The lowest BCUT2D eigenvalue weighted by molar-refractivity contribution is -0.170. The molecule has 266 valence electrons. The number of benzene rings is 2. The first kappa shape index (κ1) is 37.6. The zero-order chi connectivity index (χ0) is 35.8. The van der Waals surface area contributed by atoms with Gasteiger partial charge in [-0.1, -0.05) is 41.9 Å². The van der Waals surface area contributed by atoms with Crippen molar-refractivity contribution in [3.63, 3.8) is 0 Å². The lowest BCUT2D eigenvalue weighted by atomic mass is 9.72. The molecule has 1 aromatic heterocycles. The van der Waals surface area contributed by atoms with E-state index in [0.717, 1.165) is 62.2 Å². The third-order valence-electron chi connectivity index (χ3n) is 9.70. The summed E-state index contributed by atoms with van der Waals surface area (Å²) in [5, 5.41) is 40.6. The molecule has 2 fully saturated rings. The zero-order valence-corrected chi connectivity index (χ0v) is 28.5. The molecule has 2 aromatic carbocycles. The predicted molar refractivity (Wildman–Crippen MR) is 182 cm³/mol. The molecular weight excluding hydrogens is 656 g/mol. The average molecular weight is 701 g/mol. The van der Waals surface area contributed by atoms with Gasteiger partial charge in [0.2, 0.25) is 0 Å². The van der Waals surface area contributed by atoms with Crippen molar-refractivity contribution in [2.24, 2.45) is 5.92 Å². The molecular formula is C35H45ClN4O9. The Bertz CT molecular complexity index is 1580. The van der Waals surface area contributed by atoms with Crippen LogP contribution < -0.4 is 5.32 Å². The van der Waals surface area contributed by atoms with E-state index in [2.05, 4.69) is 65.8 Å². The van der Waals surface area contributed by atoms with Crippen molar-refractivity contribution in [2.75, 3.05) is 33.7 Å². The molecule has 5 rings (SSSR count). The molecule has 0 spiro atoms. The van der Waals surface area contributed by atoms with Crippen LogP contribution in [0.25, 0.3) is 10.9 Å². The van der Waals surface area contributed by atoms with E-state index < -0.39 is 36.4 Å². The van der Waals surface area contributed by atoms with E-state index in [9.17, 15) is 19.2 Å². The van der Waals surface area contributed by atoms with Gasteiger partial charge in [0.15, 0.2) is 5.60 Å². The first-order valence-corrected chi connectivity index (χ1v) is 16.7. The molecule has 13 nitrogen and oxygen atoms in total. The number of hydroxylamine groups is 2. The first-order valence-electron chi connectivity index (χ1n) is 16.3. The number of amides is 1. The van der Waals surface area contributed by atoms with Gasteiger partial charge in [-0.2, -0.15) is 0 Å². The van der Waals surface area contributed by atoms with E-state index >= 15 is 0 Å². The van der Waals surface area contributed by atoms with E-state index in [1.165, 1.54) is 16.5 Å². The molecule has 0 bridgehead atoms. The molecule has 1 saturated carbocycles. The molecule has 3 aromatic rings. The number of halogens is 1. The lowest BCUT2D eigenvalue weighted by Crippen LogP contribution is -2.46. The monoisotopic (exact) mass is 700 g/mol. The third-order valence-corrected chi connectivity index (χ3v) is 9.94.